The van der Waals surface area contributed by atoms with Gasteiger partial charge in [-0.25, -0.2) is 0 Å². The van der Waals surface area contributed by atoms with Crippen LogP contribution in [0.2, 0.25) is 0 Å². The third kappa shape index (κ3) is 4.12. The molecule has 1 aliphatic rings. The van der Waals surface area contributed by atoms with Crippen LogP contribution in [0.1, 0.15) is 31.2 Å². The Hall–Kier alpha value is -1.26. The summed E-state index contributed by atoms with van der Waals surface area (Å²) in [5, 5.41) is 2.97. The Kier molecular flexibility index (Phi) is 6.30. The van der Waals surface area contributed by atoms with Gasteiger partial charge in [-0.1, -0.05) is 6.07 Å². The first-order valence-corrected chi connectivity index (χ1v) is 6.81. The lowest BCUT2D eigenvalue weighted by Crippen LogP contribution is -2.32. The van der Waals surface area contributed by atoms with Gasteiger partial charge >= 0.3 is 0 Å². The first-order chi connectivity index (χ1) is 9.10. The predicted molar refractivity (Wildman–Crippen MR) is 83.5 cm³/mol. The first kappa shape index (κ1) is 16.8. The van der Waals surface area contributed by atoms with E-state index in [1.165, 1.54) is 0 Å². The van der Waals surface area contributed by atoms with Crippen molar-refractivity contribution in [1.82, 2.24) is 0 Å². The number of carbonyl (C=O) groups is 1. The highest BCUT2D eigenvalue weighted by Gasteiger charge is 2.24. The van der Waals surface area contributed by atoms with Gasteiger partial charge < -0.3 is 15.8 Å². The highest BCUT2D eigenvalue weighted by Crippen LogP contribution is 2.26. The van der Waals surface area contributed by atoms with E-state index in [4.69, 9.17) is 10.5 Å². The summed E-state index contributed by atoms with van der Waals surface area (Å²) in [4.78, 5) is 12.2. The highest BCUT2D eigenvalue weighted by atomic mass is 35.5. The van der Waals surface area contributed by atoms with Crippen LogP contribution < -0.4 is 15.8 Å². The van der Waals surface area contributed by atoms with Crippen LogP contribution in [0.15, 0.2) is 18.2 Å². The average Bonchev–Trinajstić information content (AvgIpc) is 2.41. The van der Waals surface area contributed by atoms with Gasteiger partial charge in [0.1, 0.15) is 5.75 Å². The molecule has 3 N–H and O–H groups in total. The van der Waals surface area contributed by atoms with Crippen LogP contribution in [0, 0.1) is 12.8 Å². The number of nitrogens with one attached hydrogen (secondary N) is 1. The molecule has 0 aromatic heterocycles. The minimum Gasteiger partial charge on any atom is -0.496 e. The van der Waals surface area contributed by atoms with Crippen LogP contribution in [0.25, 0.3) is 0 Å². The molecule has 0 aliphatic heterocycles. The van der Waals surface area contributed by atoms with Gasteiger partial charge in [-0.2, -0.15) is 0 Å². The van der Waals surface area contributed by atoms with Crippen LogP contribution >= 0.6 is 12.4 Å². The summed E-state index contributed by atoms with van der Waals surface area (Å²) in [7, 11) is 1.64. The molecule has 2 rings (SSSR count). The molecule has 1 aromatic carbocycles. The maximum atomic E-state index is 12.2. The van der Waals surface area contributed by atoms with Crippen LogP contribution in [0.4, 0.5) is 5.69 Å². The van der Waals surface area contributed by atoms with Crippen molar-refractivity contribution in [3.05, 3.63) is 23.8 Å². The van der Waals surface area contributed by atoms with Crippen LogP contribution in [-0.2, 0) is 4.79 Å². The minimum atomic E-state index is 0. The van der Waals surface area contributed by atoms with E-state index in [1.807, 2.05) is 25.1 Å². The van der Waals surface area contributed by atoms with Crippen molar-refractivity contribution in [2.24, 2.45) is 11.7 Å². The van der Waals surface area contributed by atoms with E-state index in [1.54, 1.807) is 7.11 Å². The second kappa shape index (κ2) is 7.50. The predicted octanol–water partition coefficient (Wildman–Crippen LogP) is 2.88. The lowest BCUT2D eigenvalue weighted by Gasteiger charge is -2.25. The average molecular weight is 299 g/mol. The van der Waals surface area contributed by atoms with Gasteiger partial charge in [0.2, 0.25) is 5.91 Å². The number of benzene rings is 1. The number of hydrogen-bond donors (Lipinski definition) is 2. The third-order valence-electron chi connectivity index (χ3n) is 3.82. The molecule has 0 radical (unpaired) electrons. The van der Waals surface area contributed by atoms with Gasteiger partial charge in [0.25, 0.3) is 0 Å². The zero-order valence-corrected chi connectivity index (χ0v) is 12.8. The molecule has 0 spiro atoms. The van der Waals surface area contributed by atoms with Crippen LogP contribution in [0.5, 0.6) is 5.75 Å². The smallest absolute Gasteiger partial charge is 0.227 e. The summed E-state index contributed by atoms with van der Waals surface area (Å²) in [6.45, 7) is 1.98. The number of hydrogen-bond acceptors (Lipinski definition) is 3. The Balaban J connectivity index is 0.00000200. The molecule has 0 atom stereocenters. The Morgan fingerprint density at radius 1 is 1.30 bits per heavy atom. The normalized spacial score (nSPS) is 21.8. The van der Waals surface area contributed by atoms with Crippen molar-refractivity contribution in [3.63, 3.8) is 0 Å². The fourth-order valence-corrected chi connectivity index (χ4v) is 2.52. The largest absolute Gasteiger partial charge is 0.496 e. The van der Waals surface area contributed by atoms with E-state index in [0.717, 1.165) is 42.7 Å². The molecule has 0 unspecified atom stereocenters. The van der Waals surface area contributed by atoms with E-state index in [0.29, 0.717) is 0 Å². The van der Waals surface area contributed by atoms with Gasteiger partial charge in [-0.05, 0) is 44.2 Å². The number of anilines is 1. The molecule has 1 fully saturated rings. The summed E-state index contributed by atoms with van der Waals surface area (Å²) in [5.74, 6) is 0.980. The Morgan fingerprint density at radius 2 is 1.95 bits per heavy atom. The lowest BCUT2D eigenvalue weighted by molar-refractivity contribution is -0.120. The number of rotatable bonds is 3. The topological polar surface area (TPSA) is 64.3 Å². The van der Waals surface area contributed by atoms with E-state index in [9.17, 15) is 4.79 Å². The molecule has 0 saturated heterocycles. The van der Waals surface area contributed by atoms with Crippen LogP contribution in [0.3, 0.4) is 0 Å². The molecule has 0 bridgehead atoms. The van der Waals surface area contributed by atoms with Crippen LogP contribution in [-0.4, -0.2) is 19.1 Å². The summed E-state index contributed by atoms with van der Waals surface area (Å²) < 4.78 is 5.26. The molecule has 1 aromatic rings. The zero-order chi connectivity index (χ0) is 13.8. The zero-order valence-electron chi connectivity index (χ0n) is 12.0. The number of methoxy groups -OCH3 is 1. The summed E-state index contributed by atoms with van der Waals surface area (Å²) >= 11 is 0. The first-order valence-electron chi connectivity index (χ1n) is 6.81. The lowest BCUT2D eigenvalue weighted by atomic mass is 9.86. The molecule has 4 nitrogen and oxygen atoms in total. The number of nitrogens with two attached hydrogens (primary N) is 1. The van der Waals surface area contributed by atoms with E-state index >= 15 is 0 Å². The summed E-state index contributed by atoms with van der Waals surface area (Å²) in [5.41, 5.74) is 7.71. The highest BCUT2D eigenvalue weighted by molar-refractivity contribution is 5.92. The maximum Gasteiger partial charge on any atom is 0.227 e. The molecular weight excluding hydrogens is 276 g/mol. The summed E-state index contributed by atoms with van der Waals surface area (Å²) in [6.07, 6.45) is 3.65. The van der Waals surface area contributed by atoms with Gasteiger partial charge in [0.15, 0.2) is 0 Å². The summed E-state index contributed by atoms with van der Waals surface area (Å²) in [6, 6.07) is 5.99. The molecule has 1 amide bonds. The van der Waals surface area contributed by atoms with Gasteiger partial charge in [-0.15, -0.1) is 12.4 Å². The Morgan fingerprint density at radius 3 is 2.55 bits per heavy atom. The molecule has 1 aliphatic carbocycles. The molecule has 20 heavy (non-hydrogen) atoms. The standard InChI is InChI=1S/C15H22N2O2.ClH/c1-10-3-8-13(9-14(10)19-2)17-15(18)11-4-6-12(16)7-5-11;/h3,8-9,11-12H,4-7,16H2,1-2H3,(H,17,18);1H/t11-,12+;. The number of aryl methyl sites for hydroxylation is 1. The Labute approximate surface area is 126 Å². The quantitative estimate of drug-likeness (QED) is 0.902. The van der Waals surface area contributed by atoms with Gasteiger partial charge in [0.05, 0.1) is 7.11 Å². The van der Waals surface area contributed by atoms with E-state index in [-0.39, 0.29) is 30.3 Å². The number of carbonyl (C=O) groups excluding carboxylic acids is 1. The second-order valence-corrected chi connectivity index (χ2v) is 5.29. The Bertz CT molecular complexity index is 457. The maximum absolute atomic E-state index is 12.2. The monoisotopic (exact) mass is 298 g/mol. The van der Waals surface area contributed by atoms with Crippen molar-refractivity contribution < 1.29 is 9.53 Å². The molecular formula is C15H23ClN2O2. The third-order valence-corrected chi connectivity index (χ3v) is 3.82. The van der Waals surface area contributed by atoms with Crippen molar-refractivity contribution >= 4 is 24.0 Å². The fourth-order valence-electron chi connectivity index (χ4n) is 2.52. The second-order valence-electron chi connectivity index (χ2n) is 5.29. The van der Waals surface area contributed by atoms with Gasteiger partial charge in [0, 0.05) is 23.7 Å². The fraction of sp³-hybridized carbons (Fsp3) is 0.533. The minimum absolute atomic E-state index is 0. The molecule has 1 saturated carbocycles. The number of halogens is 1. The van der Waals surface area contributed by atoms with Gasteiger partial charge in [-0.3, -0.25) is 4.79 Å². The molecule has 5 heteroatoms. The van der Waals surface area contributed by atoms with Crippen molar-refractivity contribution in [2.75, 3.05) is 12.4 Å². The van der Waals surface area contributed by atoms with Crippen molar-refractivity contribution in [2.45, 2.75) is 38.6 Å². The number of amides is 1. The SMILES string of the molecule is COc1cc(NC(=O)[C@H]2CC[C@@H](N)CC2)ccc1C.Cl. The van der Waals surface area contributed by atoms with Crippen molar-refractivity contribution in [3.8, 4) is 5.75 Å². The van der Waals surface area contributed by atoms with E-state index in [2.05, 4.69) is 5.32 Å². The number of ether oxygens (including phenoxy) is 1. The molecule has 112 valence electrons. The van der Waals surface area contributed by atoms with Crippen molar-refractivity contribution in [1.29, 1.82) is 0 Å². The molecule has 0 heterocycles. The van der Waals surface area contributed by atoms with E-state index < -0.39 is 0 Å².